The van der Waals surface area contributed by atoms with Crippen molar-refractivity contribution in [1.29, 1.82) is 5.26 Å². The van der Waals surface area contributed by atoms with Crippen LogP contribution in [0, 0.1) is 18.3 Å². The van der Waals surface area contributed by atoms with E-state index in [1.165, 1.54) is 6.07 Å². The lowest BCUT2D eigenvalue weighted by molar-refractivity contribution is 0.214. The van der Waals surface area contributed by atoms with Crippen LogP contribution in [-0.2, 0) is 13.6 Å². The van der Waals surface area contributed by atoms with E-state index in [9.17, 15) is 9.36 Å². The summed E-state index contributed by atoms with van der Waals surface area (Å²) in [6.45, 7) is 5.74. The Hall–Kier alpha value is -2.91. The van der Waals surface area contributed by atoms with Crippen molar-refractivity contribution in [1.82, 2.24) is 0 Å². The van der Waals surface area contributed by atoms with Gasteiger partial charge in [0.05, 0.1) is 24.8 Å². The average molecular weight is 426 g/mol. The summed E-state index contributed by atoms with van der Waals surface area (Å²) in [5, 5.41) is 13.1. The molecule has 1 aromatic heterocycles. The van der Waals surface area contributed by atoms with Crippen LogP contribution in [0.3, 0.4) is 0 Å². The largest absolute Gasteiger partial charge is 0.423 e. The number of hydrogen-bond donors (Lipinski definition) is 1. The number of hydrogen-bond acceptors (Lipinski definition) is 7. The predicted molar refractivity (Wildman–Crippen MR) is 116 cm³/mol. The highest BCUT2D eigenvalue weighted by Gasteiger charge is 2.37. The second-order valence-corrected chi connectivity index (χ2v) is 8.73. The SMILES string of the molecule is CCOP(=O)(OCC)C(Nc1ccc2c(C)cc(=O)oc2c1)c1ccc(C#N)cc1. The van der Waals surface area contributed by atoms with Gasteiger partial charge in [-0.15, -0.1) is 0 Å². The number of nitrogens with one attached hydrogen (secondary N) is 1. The molecule has 0 radical (unpaired) electrons. The van der Waals surface area contributed by atoms with Crippen LogP contribution in [0.15, 0.2) is 57.7 Å². The van der Waals surface area contributed by atoms with E-state index in [1.807, 2.05) is 19.1 Å². The van der Waals surface area contributed by atoms with Gasteiger partial charge in [0.2, 0.25) is 0 Å². The number of benzene rings is 2. The second-order valence-electron chi connectivity index (χ2n) is 6.62. The smallest absolute Gasteiger partial charge is 0.357 e. The number of aryl methyl sites for hydroxylation is 1. The van der Waals surface area contributed by atoms with E-state index in [0.29, 0.717) is 22.4 Å². The molecule has 1 unspecified atom stereocenters. The van der Waals surface area contributed by atoms with E-state index in [4.69, 9.17) is 18.7 Å². The first-order valence-electron chi connectivity index (χ1n) is 9.60. The third kappa shape index (κ3) is 4.63. The summed E-state index contributed by atoms with van der Waals surface area (Å²) in [5.41, 5.74) is 2.52. The molecule has 30 heavy (non-hydrogen) atoms. The molecule has 1 N–H and O–H groups in total. The fourth-order valence-electron chi connectivity index (χ4n) is 3.20. The summed E-state index contributed by atoms with van der Waals surface area (Å²) < 4.78 is 30.1. The van der Waals surface area contributed by atoms with Crippen molar-refractivity contribution < 1.29 is 18.0 Å². The molecule has 0 amide bonds. The van der Waals surface area contributed by atoms with Crippen LogP contribution in [0.5, 0.6) is 0 Å². The zero-order valence-electron chi connectivity index (χ0n) is 17.0. The van der Waals surface area contributed by atoms with Gasteiger partial charge in [-0.05, 0) is 56.2 Å². The molecule has 0 aliphatic heterocycles. The van der Waals surface area contributed by atoms with Gasteiger partial charge in [-0.2, -0.15) is 5.26 Å². The Morgan fingerprint density at radius 2 is 1.77 bits per heavy atom. The number of anilines is 1. The van der Waals surface area contributed by atoms with Crippen molar-refractivity contribution in [3.63, 3.8) is 0 Å². The van der Waals surface area contributed by atoms with Crippen molar-refractivity contribution in [2.45, 2.75) is 26.6 Å². The minimum absolute atomic E-state index is 0.206. The molecular weight excluding hydrogens is 403 g/mol. The Morgan fingerprint density at radius 3 is 2.37 bits per heavy atom. The first kappa shape index (κ1) is 21.8. The first-order chi connectivity index (χ1) is 14.4. The predicted octanol–water partition coefficient (Wildman–Crippen LogP) is 5.35. The zero-order chi connectivity index (χ0) is 21.7. The molecule has 0 bridgehead atoms. The maximum Gasteiger partial charge on any atom is 0.357 e. The van der Waals surface area contributed by atoms with Crippen LogP contribution in [0.2, 0.25) is 0 Å². The van der Waals surface area contributed by atoms with E-state index >= 15 is 0 Å². The zero-order valence-corrected chi connectivity index (χ0v) is 17.9. The Morgan fingerprint density at radius 1 is 1.10 bits per heavy atom. The topological polar surface area (TPSA) is 102 Å². The summed E-state index contributed by atoms with van der Waals surface area (Å²) in [7, 11) is -3.61. The lowest BCUT2D eigenvalue weighted by atomic mass is 10.1. The van der Waals surface area contributed by atoms with Crippen molar-refractivity contribution in [2.24, 2.45) is 0 Å². The fourth-order valence-corrected chi connectivity index (χ4v) is 5.14. The van der Waals surface area contributed by atoms with Gasteiger partial charge in [0.1, 0.15) is 5.58 Å². The van der Waals surface area contributed by atoms with Crippen molar-refractivity contribution in [2.75, 3.05) is 18.5 Å². The number of nitrogens with zero attached hydrogens (tertiary/aromatic N) is 1. The minimum Gasteiger partial charge on any atom is -0.423 e. The van der Waals surface area contributed by atoms with Crippen LogP contribution in [-0.4, -0.2) is 13.2 Å². The summed E-state index contributed by atoms with van der Waals surface area (Å²) in [4.78, 5) is 11.8. The minimum atomic E-state index is -3.61. The lowest BCUT2D eigenvalue weighted by Gasteiger charge is -2.28. The van der Waals surface area contributed by atoms with Gasteiger partial charge < -0.3 is 18.8 Å². The third-order valence-electron chi connectivity index (χ3n) is 4.54. The van der Waals surface area contributed by atoms with E-state index in [-0.39, 0.29) is 13.2 Å². The molecule has 3 rings (SSSR count). The molecule has 8 heteroatoms. The van der Waals surface area contributed by atoms with Gasteiger partial charge in [-0.1, -0.05) is 12.1 Å². The van der Waals surface area contributed by atoms with E-state index in [0.717, 1.165) is 10.9 Å². The van der Waals surface area contributed by atoms with Crippen LogP contribution < -0.4 is 10.9 Å². The third-order valence-corrected chi connectivity index (χ3v) is 6.84. The van der Waals surface area contributed by atoms with Gasteiger partial charge >= 0.3 is 13.2 Å². The maximum absolute atomic E-state index is 13.6. The first-order valence-corrected chi connectivity index (χ1v) is 11.2. The molecule has 156 valence electrons. The molecule has 0 saturated carbocycles. The molecule has 0 saturated heterocycles. The highest BCUT2D eigenvalue weighted by molar-refractivity contribution is 7.54. The molecule has 1 atom stereocenters. The van der Waals surface area contributed by atoms with E-state index in [2.05, 4.69) is 11.4 Å². The number of rotatable bonds is 8. The molecule has 0 fully saturated rings. The highest BCUT2D eigenvalue weighted by atomic mass is 31.2. The highest BCUT2D eigenvalue weighted by Crippen LogP contribution is 2.60. The van der Waals surface area contributed by atoms with Crippen LogP contribution in [0.4, 0.5) is 5.69 Å². The fraction of sp³-hybridized carbons (Fsp3) is 0.273. The Balaban J connectivity index is 2.07. The standard InChI is InChI=1S/C22H23N2O5P/c1-4-27-30(26,28-5-2)22(17-8-6-16(14-23)7-9-17)24-18-10-11-19-15(3)12-21(25)29-20(19)13-18/h6-13,22,24H,4-5H2,1-3H3. The molecule has 0 aliphatic carbocycles. The van der Waals surface area contributed by atoms with Crippen molar-refractivity contribution >= 4 is 24.3 Å². The van der Waals surface area contributed by atoms with E-state index < -0.39 is 19.0 Å². The Labute approximate surface area is 174 Å². The summed E-state index contributed by atoms with van der Waals surface area (Å²) in [6.07, 6.45) is 0. The van der Waals surface area contributed by atoms with Gasteiger partial charge in [-0.25, -0.2) is 4.79 Å². The van der Waals surface area contributed by atoms with Crippen LogP contribution in [0.25, 0.3) is 11.0 Å². The summed E-state index contributed by atoms with van der Waals surface area (Å²) >= 11 is 0. The van der Waals surface area contributed by atoms with Gasteiger partial charge in [0, 0.05) is 23.2 Å². The summed E-state index contributed by atoms with van der Waals surface area (Å²) in [6, 6.07) is 15.6. The number of fused-ring (bicyclic) bond motifs is 1. The van der Waals surface area contributed by atoms with Gasteiger partial charge in [0.25, 0.3) is 0 Å². The van der Waals surface area contributed by atoms with Crippen molar-refractivity contribution in [3.8, 4) is 6.07 Å². The molecule has 1 heterocycles. The average Bonchev–Trinajstić information content (AvgIpc) is 2.72. The quantitative estimate of drug-likeness (QED) is 0.383. The second kappa shape index (κ2) is 9.27. The Bertz CT molecular complexity index is 1170. The molecule has 0 aliphatic rings. The molecule has 7 nitrogen and oxygen atoms in total. The van der Waals surface area contributed by atoms with Crippen LogP contribution in [0.1, 0.15) is 36.3 Å². The molecule has 3 aromatic rings. The van der Waals surface area contributed by atoms with Gasteiger partial charge in [-0.3, -0.25) is 4.57 Å². The number of nitriles is 1. The normalized spacial score (nSPS) is 12.5. The van der Waals surface area contributed by atoms with Crippen LogP contribution >= 0.6 is 7.60 Å². The lowest BCUT2D eigenvalue weighted by Crippen LogP contribution is -2.15. The monoisotopic (exact) mass is 426 g/mol. The van der Waals surface area contributed by atoms with Gasteiger partial charge in [0.15, 0.2) is 5.78 Å². The van der Waals surface area contributed by atoms with Crippen molar-refractivity contribution in [3.05, 3.63) is 75.6 Å². The molecule has 0 spiro atoms. The van der Waals surface area contributed by atoms with E-state index in [1.54, 1.807) is 44.2 Å². The molecular formula is C22H23N2O5P. The maximum atomic E-state index is 13.6. The summed E-state index contributed by atoms with van der Waals surface area (Å²) in [5.74, 6) is -0.820. The Kier molecular flexibility index (Phi) is 6.73. The molecule has 2 aromatic carbocycles.